The maximum absolute atomic E-state index is 12.4. The number of ether oxygens (including phenoxy) is 1. The highest BCUT2D eigenvalue weighted by Gasteiger charge is 2.27. The molecule has 2 fully saturated rings. The summed E-state index contributed by atoms with van der Waals surface area (Å²) in [6.45, 7) is 5.27. The van der Waals surface area contributed by atoms with Gasteiger partial charge in [0.15, 0.2) is 0 Å². The van der Waals surface area contributed by atoms with E-state index in [2.05, 4.69) is 20.1 Å². The van der Waals surface area contributed by atoms with E-state index in [1.165, 1.54) is 6.33 Å². The molecular formula is C13H21N5O2. The summed E-state index contributed by atoms with van der Waals surface area (Å²) in [5, 5.41) is 6.82. The lowest BCUT2D eigenvalue weighted by Gasteiger charge is -2.34. The van der Waals surface area contributed by atoms with Gasteiger partial charge in [0.1, 0.15) is 12.2 Å². The molecule has 0 bridgehead atoms. The monoisotopic (exact) mass is 279 g/mol. The fourth-order valence-corrected chi connectivity index (χ4v) is 2.89. The van der Waals surface area contributed by atoms with Crippen LogP contribution in [-0.2, 0) is 9.53 Å². The predicted molar refractivity (Wildman–Crippen MR) is 72.2 cm³/mol. The first-order valence-corrected chi connectivity index (χ1v) is 7.26. The van der Waals surface area contributed by atoms with Gasteiger partial charge in [-0.25, -0.2) is 4.98 Å². The maximum Gasteiger partial charge on any atom is 0.236 e. The highest BCUT2D eigenvalue weighted by molar-refractivity contribution is 5.78. The van der Waals surface area contributed by atoms with Crippen LogP contribution in [0.25, 0.3) is 0 Å². The fraction of sp³-hybridized carbons (Fsp3) is 0.769. The third-order valence-corrected chi connectivity index (χ3v) is 4.06. The quantitative estimate of drug-likeness (QED) is 0.832. The van der Waals surface area contributed by atoms with E-state index < -0.39 is 0 Å². The minimum atomic E-state index is 0.219. The molecule has 2 aliphatic rings. The Morgan fingerprint density at radius 1 is 1.40 bits per heavy atom. The molecular weight excluding hydrogens is 258 g/mol. The van der Waals surface area contributed by atoms with E-state index in [1.807, 2.05) is 4.90 Å². The number of nitrogens with zero attached hydrogens (tertiary/aromatic N) is 4. The molecule has 3 rings (SSSR count). The van der Waals surface area contributed by atoms with Crippen molar-refractivity contribution in [2.24, 2.45) is 0 Å². The van der Waals surface area contributed by atoms with Gasteiger partial charge in [-0.15, -0.1) is 0 Å². The van der Waals surface area contributed by atoms with Crippen LogP contribution < -0.4 is 0 Å². The largest absolute Gasteiger partial charge is 0.379 e. The summed E-state index contributed by atoms with van der Waals surface area (Å²) in [5.41, 5.74) is 0. The number of aromatic amines is 1. The Bertz CT molecular complexity index is 430. The number of hydrogen-bond acceptors (Lipinski definition) is 5. The summed E-state index contributed by atoms with van der Waals surface area (Å²) >= 11 is 0. The Morgan fingerprint density at radius 3 is 3.00 bits per heavy atom. The standard InChI is InChI=1S/C13H21N5O2/c19-12(9-17-4-6-20-7-5-17)18-3-1-2-11(8-18)13-14-10-15-16-13/h10-11H,1-9H2,(H,14,15,16)/t11-/m1/s1. The minimum absolute atomic E-state index is 0.219. The van der Waals surface area contributed by atoms with E-state index >= 15 is 0 Å². The van der Waals surface area contributed by atoms with Crippen molar-refractivity contribution in [2.45, 2.75) is 18.8 Å². The second-order valence-electron chi connectivity index (χ2n) is 5.44. The average molecular weight is 279 g/mol. The van der Waals surface area contributed by atoms with Crippen molar-refractivity contribution in [3.8, 4) is 0 Å². The number of hydrogen-bond donors (Lipinski definition) is 1. The number of rotatable bonds is 3. The van der Waals surface area contributed by atoms with Gasteiger partial charge in [-0.2, -0.15) is 5.10 Å². The van der Waals surface area contributed by atoms with Crippen LogP contribution in [0.3, 0.4) is 0 Å². The molecule has 1 N–H and O–H groups in total. The summed E-state index contributed by atoms with van der Waals surface area (Å²) in [5.74, 6) is 1.41. The molecule has 110 valence electrons. The minimum Gasteiger partial charge on any atom is -0.379 e. The lowest BCUT2D eigenvalue weighted by atomic mass is 9.97. The third kappa shape index (κ3) is 3.16. The van der Waals surface area contributed by atoms with Gasteiger partial charge in [0.2, 0.25) is 5.91 Å². The van der Waals surface area contributed by atoms with Crippen molar-refractivity contribution in [1.29, 1.82) is 0 Å². The number of aromatic nitrogens is 3. The Kier molecular flexibility index (Phi) is 4.27. The van der Waals surface area contributed by atoms with E-state index in [4.69, 9.17) is 4.74 Å². The van der Waals surface area contributed by atoms with Gasteiger partial charge in [0.25, 0.3) is 0 Å². The Labute approximate surface area is 118 Å². The van der Waals surface area contributed by atoms with Crippen LogP contribution >= 0.6 is 0 Å². The number of nitrogens with one attached hydrogen (secondary N) is 1. The third-order valence-electron chi connectivity index (χ3n) is 4.06. The number of likely N-dealkylation sites (tertiary alicyclic amines) is 1. The van der Waals surface area contributed by atoms with E-state index in [-0.39, 0.29) is 5.91 Å². The van der Waals surface area contributed by atoms with Gasteiger partial charge in [-0.3, -0.25) is 14.8 Å². The molecule has 1 aromatic heterocycles. The van der Waals surface area contributed by atoms with Crippen LogP contribution in [0.1, 0.15) is 24.6 Å². The highest BCUT2D eigenvalue weighted by atomic mass is 16.5. The SMILES string of the molecule is O=C(CN1CCOCC1)N1CCC[C@@H](c2ncn[nH]2)C1. The lowest BCUT2D eigenvalue weighted by Crippen LogP contribution is -2.47. The van der Waals surface area contributed by atoms with E-state index in [1.54, 1.807) is 0 Å². The first kappa shape index (κ1) is 13.5. The van der Waals surface area contributed by atoms with Gasteiger partial charge in [0, 0.05) is 32.1 Å². The number of morpholine rings is 1. The van der Waals surface area contributed by atoms with Crippen LogP contribution in [0.2, 0.25) is 0 Å². The maximum atomic E-state index is 12.4. The predicted octanol–water partition coefficient (Wildman–Crippen LogP) is -0.157. The zero-order chi connectivity index (χ0) is 13.8. The van der Waals surface area contributed by atoms with Crippen molar-refractivity contribution < 1.29 is 9.53 Å². The first-order valence-electron chi connectivity index (χ1n) is 7.26. The number of amides is 1. The van der Waals surface area contributed by atoms with E-state index in [0.717, 1.165) is 58.1 Å². The lowest BCUT2D eigenvalue weighted by molar-refractivity contribution is -0.134. The number of piperidine rings is 1. The zero-order valence-corrected chi connectivity index (χ0v) is 11.6. The molecule has 0 radical (unpaired) electrons. The van der Waals surface area contributed by atoms with Crippen molar-refractivity contribution in [1.82, 2.24) is 25.0 Å². The Hall–Kier alpha value is -1.47. The molecule has 7 nitrogen and oxygen atoms in total. The summed E-state index contributed by atoms with van der Waals surface area (Å²) in [7, 11) is 0. The number of carbonyl (C=O) groups excluding carboxylic acids is 1. The van der Waals surface area contributed by atoms with Gasteiger partial charge >= 0.3 is 0 Å². The summed E-state index contributed by atoms with van der Waals surface area (Å²) in [4.78, 5) is 20.7. The normalized spacial score (nSPS) is 24.8. The molecule has 2 aliphatic heterocycles. The molecule has 0 unspecified atom stereocenters. The topological polar surface area (TPSA) is 74.3 Å². The molecule has 0 aliphatic carbocycles. The van der Waals surface area contributed by atoms with Crippen LogP contribution in [0.4, 0.5) is 0 Å². The summed E-state index contributed by atoms with van der Waals surface area (Å²) in [6, 6.07) is 0. The van der Waals surface area contributed by atoms with Gasteiger partial charge in [-0.05, 0) is 12.8 Å². The molecule has 0 spiro atoms. The van der Waals surface area contributed by atoms with Crippen molar-refractivity contribution in [3.63, 3.8) is 0 Å². The molecule has 3 heterocycles. The average Bonchev–Trinajstić information content (AvgIpc) is 3.03. The number of H-pyrrole nitrogens is 1. The van der Waals surface area contributed by atoms with Gasteiger partial charge < -0.3 is 9.64 Å². The molecule has 7 heteroatoms. The molecule has 0 aromatic carbocycles. The molecule has 1 amide bonds. The van der Waals surface area contributed by atoms with E-state index in [9.17, 15) is 4.79 Å². The molecule has 0 saturated carbocycles. The van der Waals surface area contributed by atoms with Gasteiger partial charge in [0.05, 0.1) is 19.8 Å². The van der Waals surface area contributed by atoms with Gasteiger partial charge in [-0.1, -0.05) is 0 Å². The smallest absolute Gasteiger partial charge is 0.236 e. The number of carbonyl (C=O) groups is 1. The fourth-order valence-electron chi connectivity index (χ4n) is 2.89. The highest BCUT2D eigenvalue weighted by Crippen LogP contribution is 2.24. The van der Waals surface area contributed by atoms with Crippen LogP contribution in [0, 0.1) is 0 Å². The second-order valence-corrected chi connectivity index (χ2v) is 5.44. The van der Waals surface area contributed by atoms with Crippen LogP contribution in [-0.4, -0.2) is 76.8 Å². The molecule has 2 saturated heterocycles. The van der Waals surface area contributed by atoms with Crippen molar-refractivity contribution >= 4 is 5.91 Å². The van der Waals surface area contributed by atoms with E-state index in [0.29, 0.717) is 12.5 Å². The summed E-state index contributed by atoms with van der Waals surface area (Å²) in [6.07, 6.45) is 3.63. The van der Waals surface area contributed by atoms with Crippen molar-refractivity contribution in [2.75, 3.05) is 45.9 Å². The summed E-state index contributed by atoms with van der Waals surface area (Å²) < 4.78 is 5.31. The Morgan fingerprint density at radius 2 is 2.25 bits per heavy atom. The molecule has 20 heavy (non-hydrogen) atoms. The second kappa shape index (κ2) is 6.32. The first-order chi connectivity index (χ1) is 9.83. The zero-order valence-electron chi connectivity index (χ0n) is 11.6. The Balaban J connectivity index is 1.54. The van der Waals surface area contributed by atoms with Crippen LogP contribution in [0.5, 0.6) is 0 Å². The van der Waals surface area contributed by atoms with Crippen molar-refractivity contribution in [3.05, 3.63) is 12.2 Å². The molecule has 1 atom stereocenters. The van der Waals surface area contributed by atoms with Crippen LogP contribution in [0.15, 0.2) is 6.33 Å². The molecule has 1 aromatic rings.